The van der Waals surface area contributed by atoms with Crippen LogP contribution in [0.15, 0.2) is 23.6 Å². The molecular formula is C14H13F2N3O2S. The Morgan fingerprint density at radius 1 is 1.27 bits per heavy atom. The van der Waals surface area contributed by atoms with E-state index in [4.69, 9.17) is 0 Å². The second-order valence-corrected chi connectivity index (χ2v) is 5.31. The van der Waals surface area contributed by atoms with Gasteiger partial charge in [0.15, 0.2) is 16.8 Å². The lowest BCUT2D eigenvalue weighted by Gasteiger charge is -2.02. The molecule has 0 spiro atoms. The predicted octanol–water partition coefficient (Wildman–Crippen LogP) is 2.55. The summed E-state index contributed by atoms with van der Waals surface area (Å²) in [5.41, 5.74) is 0.870. The largest absolute Gasteiger partial charge is 0.356 e. The minimum absolute atomic E-state index is 0.125. The van der Waals surface area contributed by atoms with Gasteiger partial charge < -0.3 is 10.6 Å². The van der Waals surface area contributed by atoms with Gasteiger partial charge in [0, 0.05) is 30.8 Å². The topological polar surface area (TPSA) is 71.1 Å². The van der Waals surface area contributed by atoms with Crippen LogP contribution in [0.25, 0.3) is 11.3 Å². The summed E-state index contributed by atoms with van der Waals surface area (Å²) in [6, 6.07) is 3.48. The third kappa shape index (κ3) is 4.32. The Bertz CT molecular complexity index is 703. The zero-order valence-electron chi connectivity index (χ0n) is 11.7. The lowest BCUT2D eigenvalue weighted by Crippen LogP contribution is -2.25. The molecule has 2 amide bonds. The molecule has 2 N–H and O–H groups in total. The lowest BCUT2D eigenvalue weighted by molar-refractivity contribution is -0.119. The van der Waals surface area contributed by atoms with Gasteiger partial charge in [0.05, 0.1) is 5.69 Å². The average Bonchev–Trinajstić information content (AvgIpc) is 2.90. The molecule has 5 nitrogen and oxygen atoms in total. The summed E-state index contributed by atoms with van der Waals surface area (Å²) in [5.74, 6) is -2.38. The zero-order valence-corrected chi connectivity index (χ0v) is 12.5. The Balaban J connectivity index is 1.97. The maximum atomic E-state index is 13.2. The summed E-state index contributed by atoms with van der Waals surface area (Å²) >= 11 is 1.18. The molecule has 0 aliphatic carbocycles. The van der Waals surface area contributed by atoms with Crippen LogP contribution in [0.2, 0.25) is 0 Å². The van der Waals surface area contributed by atoms with Gasteiger partial charge in [-0.05, 0) is 18.2 Å². The maximum Gasteiger partial charge on any atom is 0.227 e. The van der Waals surface area contributed by atoms with Crippen molar-refractivity contribution in [2.45, 2.75) is 13.3 Å². The van der Waals surface area contributed by atoms with Crippen LogP contribution < -0.4 is 10.6 Å². The molecule has 0 unspecified atom stereocenters. The summed E-state index contributed by atoms with van der Waals surface area (Å²) in [4.78, 5) is 26.5. The SMILES string of the molecule is CC(=O)NCCC(=O)Nc1nc(-c2ccc(F)c(F)c2)cs1. The average molecular weight is 325 g/mol. The van der Waals surface area contributed by atoms with Crippen LogP contribution in [0.5, 0.6) is 0 Å². The van der Waals surface area contributed by atoms with E-state index in [9.17, 15) is 18.4 Å². The summed E-state index contributed by atoms with van der Waals surface area (Å²) < 4.78 is 26.1. The van der Waals surface area contributed by atoms with Gasteiger partial charge in [0.2, 0.25) is 11.8 Å². The molecule has 0 bridgehead atoms. The normalized spacial score (nSPS) is 10.3. The van der Waals surface area contributed by atoms with Gasteiger partial charge in [0.1, 0.15) is 0 Å². The van der Waals surface area contributed by atoms with Crippen LogP contribution in [0, 0.1) is 11.6 Å². The van der Waals surface area contributed by atoms with E-state index < -0.39 is 11.6 Å². The minimum atomic E-state index is -0.952. The first-order valence-corrected chi connectivity index (χ1v) is 7.29. The number of amides is 2. The Kier molecular flexibility index (Phi) is 5.16. The van der Waals surface area contributed by atoms with Crippen molar-refractivity contribution >= 4 is 28.3 Å². The molecule has 0 saturated carbocycles. The first-order valence-electron chi connectivity index (χ1n) is 6.41. The minimum Gasteiger partial charge on any atom is -0.356 e. The smallest absolute Gasteiger partial charge is 0.227 e. The molecule has 1 aromatic carbocycles. The van der Waals surface area contributed by atoms with Crippen molar-refractivity contribution in [3.8, 4) is 11.3 Å². The highest BCUT2D eigenvalue weighted by atomic mass is 32.1. The van der Waals surface area contributed by atoms with Gasteiger partial charge in [-0.15, -0.1) is 11.3 Å². The molecule has 0 atom stereocenters. The number of hydrogen-bond acceptors (Lipinski definition) is 4. The number of hydrogen-bond donors (Lipinski definition) is 2. The lowest BCUT2D eigenvalue weighted by atomic mass is 10.2. The van der Waals surface area contributed by atoms with Gasteiger partial charge >= 0.3 is 0 Å². The van der Waals surface area contributed by atoms with E-state index in [2.05, 4.69) is 15.6 Å². The van der Waals surface area contributed by atoms with E-state index in [-0.39, 0.29) is 24.8 Å². The second kappa shape index (κ2) is 7.08. The van der Waals surface area contributed by atoms with Gasteiger partial charge in [-0.25, -0.2) is 13.8 Å². The molecule has 0 aliphatic rings. The van der Waals surface area contributed by atoms with Crippen LogP contribution in [0.1, 0.15) is 13.3 Å². The van der Waals surface area contributed by atoms with Gasteiger partial charge in [-0.2, -0.15) is 0 Å². The van der Waals surface area contributed by atoms with E-state index in [1.807, 2.05) is 0 Å². The van der Waals surface area contributed by atoms with Crippen molar-refractivity contribution in [1.82, 2.24) is 10.3 Å². The molecule has 116 valence electrons. The van der Waals surface area contributed by atoms with Crippen molar-refractivity contribution in [1.29, 1.82) is 0 Å². The van der Waals surface area contributed by atoms with Gasteiger partial charge in [-0.1, -0.05) is 0 Å². The van der Waals surface area contributed by atoms with Crippen LogP contribution in [-0.2, 0) is 9.59 Å². The highest BCUT2D eigenvalue weighted by Crippen LogP contribution is 2.26. The standard InChI is InChI=1S/C14H13F2N3O2S/c1-8(20)17-5-4-13(21)19-14-18-12(7-22-14)9-2-3-10(15)11(16)6-9/h2-3,6-7H,4-5H2,1H3,(H,17,20)(H,18,19,21). The molecule has 2 rings (SSSR count). The predicted molar refractivity (Wildman–Crippen MR) is 79.4 cm³/mol. The molecule has 2 aromatic rings. The van der Waals surface area contributed by atoms with Gasteiger partial charge in [-0.3, -0.25) is 9.59 Å². The monoisotopic (exact) mass is 325 g/mol. The van der Waals surface area contributed by atoms with Crippen molar-refractivity contribution in [2.24, 2.45) is 0 Å². The summed E-state index contributed by atoms with van der Waals surface area (Å²) in [6.07, 6.45) is 0.125. The van der Waals surface area contributed by atoms with E-state index in [0.29, 0.717) is 16.4 Å². The Labute approximate surface area is 129 Å². The Hall–Kier alpha value is -2.35. The molecule has 22 heavy (non-hydrogen) atoms. The summed E-state index contributed by atoms with van der Waals surface area (Å²) in [5, 5.41) is 7.08. The number of thiazole rings is 1. The van der Waals surface area contributed by atoms with E-state index in [1.165, 1.54) is 24.3 Å². The third-order valence-electron chi connectivity index (χ3n) is 2.69. The number of carbonyl (C=O) groups excluding carboxylic acids is 2. The maximum absolute atomic E-state index is 13.2. The fraction of sp³-hybridized carbons (Fsp3) is 0.214. The third-order valence-corrected chi connectivity index (χ3v) is 3.45. The van der Waals surface area contributed by atoms with Crippen molar-refractivity contribution in [3.05, 3.63) is 35.2 Å². The fourth-order valence-corrected chi connectivity index (χ4v) is 2.39. The molecule has 1 aromatic heterocycles. The molecule has 0 saturated heterocycles. The van der Waals surface area contributed by atoms with E-state index >= 15 is 0 Å². The summed E-state index contributed by atoms with van der Waals surface area (Å²) in [7, 11) is 0. The zero-order chi connectivity index (χ0) is 16.1. The number of carbonyl (C=O) groups is 2. The summed E-state index contributed by atoms with van der Waals surface area (Å²) in [6.45, 7) is 1.61. The van der Waals surface area contributed by atoms with Crippen LogP contribution in [0.4, 0.5) is 13.9 Å². The van der Waals surface area contributed by atoms with E-state index in [0.717, 1.165) is 12.1 Å². The molecular weight excluding hydrogens is 312 g/mol. The molecule has 8 heteroatoms. The first kappa shape index (κ1) is 16.0. The highest BCUT2D eigenvalue weighted by molar-refractivity contribution is 7.14. The molecule has 0 radical (unpaired) electrons. The first-order chi connectivity index (χ1) is 10.5. The van der Waals surface area contributed by atoms with Crippen LogP contribution >= 0.6 is 11.3 Å². The van der Waals surface area contributed by atoms with Crippen molar-refractivity contribution < 1.29 is 18.4 Å². The Morgan fingerprint density at radius 3 is 2.73 bits per heavy atom. The number of anilines is 1. The number of halogens is 2. The van der Waals surface area contributed by atoms with Crippen LogP contribution in [0.3, 0.4) is 0 Å². The number of nitrogens with zero attached hydrogens (tertiary/aromatic N) is 1. The number of rotatable bonds is 5. The van der Waals surface area contributed by atoms with E-state index in [1.54, 1.807) is 5.38 Å². The molecule has 0 aliphatic heterocycles. The second-order valence-electron chi connectivity index (χ2n) is 4.45. The number of nitrogens with one attached hydrogen (secondary N) is 2. The fourth-order valence-electron chi connectivity index (χ4n) is 1.65. The van der Waals surface area contributed by atoms with Crippen molar-refractivity contribution in [2.75, 3.05) is 11.9 Å². The van der Waals surface area contributed by atoms with Crippen molar-refractivity contribution in [3.63, 3.8) is 0 Å². The Morgan fingerprint density at radius 2 is 2.05 bits per heavy atom. The molecule has 1 heterocycles. The van der Waals surface area contributed by atoms with Gasteiger partial charge in [0.25, 0.3) is 0 Å². The highest BCUT2D eigenvalue weighted by Gasteiger charge is 2.10. The number of aromatic nitrogens is 1. The molecule has 0 fully saturated rings. The number of benzene rings is 1. The van der Waals surface area contributed by atoms with Crippen LogP contribution in [-0.4, -0.2) is 23.3 Å². The quantitative estimate of drug-likeness (QED) is 0.887.